The number of hydrogen-bond acceptors (Lipinski definition) is 3. The van der Waals surface area contributed by atoms with Gasteiger partial charge in [-0.05, 0) is 25.0 Å². The normalized spacial score (nSPS) is 12.5. The van der Waals surface area contributed by atoms with Crippen molar-refractivity contribution in [2.45, 2.75) is 13.3 Å². The van der Waals surface area contributed by atoms with E-state index in [1.54, 1.807) is 14.0 Å². The zero-order valence-electron chi connectivity index (χ0n) is 14.1. The number of rotatable bonds is 8. The highest BCUT2D eigenvalue weighted by atomic mass is 32.2. The zero-order chi connectivity index (χ0) is 17.4. The standard InChI is InChI=1S/C16H25N5O2S/c1-3-24(22,23)21-11-10-19-16(17-2)18-9-8-13-12-20-15-7-5-4-6-14(13)15/h4-7,12,20-21H,3,8-11H2,1-2H3,(H2,17,18,19). The summed E-state index contributed by atoms with van der Waals surface area (Å²) in [6, 6.07) is 8.21. The third kappa shape index (κ3) is 5.24. The van der Waals surface area contributed by atoms with E-state index in [1.807, 2.05) is 18.3 Å². The topological polar surface area (TPSA) is 98.4 Å². The van der Waals surface area contributed by atoms with Crippen LogP contribution >= 0.6 is 0 Å². The predicted molar refractivity (Wildman–Crippen MR) is 98.8 cm³/mol. The maximum atomic E-state index is 11.3. The molecule has 1 aromatic heterocycles. The lowest BCUT2D eigenvalue weighted by molar-refractivity contribution is 0.582. The molecule has 0 saturated heterocycles. The molecule has 0 amide bonds. The molecule has 0 aliphatic rings. The molecule has 0 spiro atoms. The minimum Gasteiger partial charge on any atom is -0.361 e. The number of benzene rings is 1. The number of fused-ring (bicyclic) bond motifs is 1. The second-order valence-corrected chi connectivity index (χ2v) is 7.43. The van der Waals surface area contributed by atoms with Gasteiger partial charge in [0.25, 0.3) is 0 Å². The number of para-hydroxylation sites is 1. The third-order valence-electron chi connectivity index (χ3n) is 3.70. The van der Waals surface area contributed by atoms with Crippen LogP contribution in [0.1, 0.15) is 12.5 Å². The summed E-state index contributed by atoms with van der Waals surface area (Å²) in [6.45, 7) is 3.16. The van der Waals surface area contributed by atoms with Crippen LogP contribution in [-0.2, 0) is 16.4 Å². The van der Waals surface area contributed by atoms with Crippen LogP contribution < -0.4 is 15.4 Å². The summed E-state index contributed by atoms with van der Waals surface area (Å²) < 4.78 is 25.2. The number of aliphatic imine (C=N–C) groups is 1. The van der Waals surface area contributed by atoms with Gasteiger partial charge in [-0.2, -0.15) is 0 Å². The second kappa shape index (κ2) is 8.70. The van der Waals surface area contributed by atoms with Gasteiger partial charge in [-0.3, -0.25) is 4.99 Å². The largest absolute Gasteiger partial charge is 0.361 e. The molecule has 2 aromatic rings. The van der Waals surface area contributed by atoms with E-state index in [4.69, 9.17) is 0 Å². The van der Waals surface area contributed by atoms with Crippen molar-refractivity contribution in [2.24, 2.45) is 4.99 Å². The molecule has 7 nitrogen and oxygen atoms in total. The van der Waals surface area contributed by atoms with Crippen molar-refractivity contribution in [3.63, 3.8) is 0 Å². The van der Waals surface area contributed by atoms with Crippen molar-refractivity contribution >= 4 is 26.9 Å². The van der Waals surface area contributed by atoms with E-state index in [9.17, 15) is 8.42 Å². The predicted octanol–water partition coefficient (Wildman–Crippen LogP) is 0.815. The summed E-state index contributed by atoms with van der Waals surface area (Å²) in [6.07, 6.45) is 2.90. The minimum atomic E-state index is -3.15. The average molecular weight is 351 g/mol. The molecule has 0 aliphatic carbocycles. The monoisotopic (exact) mass is 351 g/mol. The second-order valence-electron chi connectivity index (χ2n) is 5.33. The summed E-state index contributed by atoms with van der Waals surface area (Å²) in [4.78, 5) is 7.40. The number of aromatic nitrogens is 1. The fourth-order valence-corrected chi connectivity index (χ4v) is 2.98. The fraction of sp³-hybridized carbons (Fsp3) is 0.438. The van der Waals surface area contributed by atoms with Crippen LogP contribution in [-0.4, -0.2) is 51.8 Å². The molecule has 0 unspecified atom stereocenters. The highest BCUT2D eigenvalue weighted by Crippen LogP contribution is 2.17. The van der Waals surface area contributed by atoms with Gasteiger partial charge < -0.3 is 15.6 Å². The molecule has 132 valence electrons. The quantitative estimate of drug-likeness (QED) is 0.321. The van der Waals surface area contributed by atoms with E-state index in [1.165, 1.54) is 10.9 Å². The molecule has 8 heteroatoms. The van der Waals surface area contributed by atoms with Crippen molar-refractivity contribution in [3.05, 3.63) is 36.0 Å². The first kappa shape index (κ1) is 18.3. The first-order valence-electron chi connectivity index (χ1n) is 8.02. The maximum absolute atomic E-state index is 11.3. The number of sulfonamides is 1. The summed E-state index contributed by atoms with van der Waals surface area (Å²) in [5, 5.41) is 7.55. The third-order valence-corrected chi connectivity index (χ3v) is 5.11. The van der Waals surface area contributed by atoms with E-state index in [-0.39, 0.29) is 5.75 Å². The Kier molecular flexibility index (Phi) is 6.62. The summed E-state index contributed by atoms with van der Waals surface area (Å²) >= 11 is 0. The van der Waals surface area contributed by atoms with Crippen LogP contribution in [0.4, 0.5) is 0 Å². The first-order valence-corrected chi connectivity index (χ1v) is 9.68. The number of aromatic amines is 1. The van der Waals surface area contributed by atoms with Gasteiger partial charge in [0.15, 0.2) is 5.96 Å². The van der Waals surface area contributed by atoms with Crippen LogP contribution in [0.15, 0.2) is 35.5 Å². The fourth-order valence-electron chi connectivity index (χ4n) is 2.36. The van der Waals surface area contributed by atoms with Crippen LogP contribution in [0, 0.1) is 0 Å². The summed E-state index contributed by atoms with van der Waals surface area (Å²) in [7, 11) is -1.45. The Bertz CT molecular complexity index is 783. The van der Waals surface area contributed by atoms with E-state index in [0.29, 0.717) is 19.0 Å². The molecule has 24 heavy (non-hydrogen) atoms. The average Bonchev–Trinajstić information content (AvgIpc) is 3.00. The van der Waals surface area contributed by atoms with E-state index in [2.05, 4.69) is 37.5 Å². The van der Waals surface area contributed by atoms with Crippen molar-refractivity contribution < 1.29 is 8.42 Å². The van der Waals surface area contributed by atoms with Gasteiger partial charge in [-0.25, -0.2) is 13.1 Å². The summed E-state index contributed by atoms with van der Waals surface area (Å²) in [5.74, 6) is 0.746. The molecule has 4 N–H and O–H groups in total. The molecule has 0 radical (unpaired) electrons. The van der Waals surface area contributed by atoms with Gasteiger partial charge in [0.1, 0.15) is 0 Å². The molecule has 1 aromatic carbocycles. The smallest absolute Gasteiger partial charge is 0.211 e. The van der Waals surface area contributed by atoms with E-state index >= 15 is 0 Å². The van der Waals surface area contributed by atoms with Crippen LogP contribution in [0.3, 0.4) is 0 Å². The van der Waals surface area contributed by atoms with Gasteiger partial charge in [-0.1, -0.05) is 18.2 Å². The van der Waals surface area contributed by atoms with Gasteiger partial charge in [0.2, 0.25) is 10.0 Å². The molecule has 0 bridgehead atoms. The van der Waals surface area contributed by atoms with Crippen LogP contribution in [0.5, 0.6) is 0 Å². The Morgan fingerprint density at radius 1 is 1.17 bits per heavy atom. The SMILES string of the molecule is CCS(=O)(=O)NCCNC(=NC)NCCc1c[nH]c2ccccc12. The number of H-pyrrole nitrogens is 1. The van der Waals surface area contributed by atoms with E-state index in [0.717, 1.165) is 18.5 Å². The van der Waals surface area contributed by atoms with E-state index < -0.39 is 10.0 Å². The molecule has 0 aliphatic heterocycles. The Balaban J connectivity index is 1.74. The Hall–Kier alpha value is -2.06. The van der Waals surface area contributed by atoms with Crippen molar-refractivity contribution in [3.8, 4) is 0 Å². The first-order chi connectivity index (χ1) is 11.6. The van der Waals surface area contributed by atoms with Crippen LogP contribution in [0.2, 0.25) is 0 Å². The van der Waals surface area contributed by atoms with Crippen molar-refractivity contribution in [2.75, 3.05) is 32.4 Å². The number of nitrogens with zero attached hydrogens (tertiary/aromatic N) is 1. The summed E-state index contributed by atoms with van der Waals surface area (Å²) in [5.41, 5.74) is 2.39. The lowest BCUT2D eigenvalue weighted by Gasteiger charge is -2.12. The Morgan fingerprint density at radius 2 is 1.92 bits per heavy atom. The molecular weight excluding hydrogens is 326 g/mol. The molecule has 0 saturated carbocycles. The highest BCUT2D eigenvalue weighted by molar-refractivity contribution is 7.89. The minimum absolute atomic E-state index is 0.0879. The Labute approximate surface area is 143 Å². The molecular formula is C16H25N5O2S. The molecule has 0 fully saturated rings. The lowest BCUT2D eigenvalue weighted by atomic mass is 10.1. The highest BCUT2D eigenvalue weighted by Gasteiger charge is 2.06. The number of hydrogen-bond donors (Lipinski definition) is 4. The van der Waals surface area contributed by atoms with Gasteiger partial charge in [0.05, 0.1) is 5.75 Å². The molecule has 0 atom stereocenters. The number of nitrogens with one attached hydrogen (secondary N) is 4. The van der Waals surface area contributed by atoms with Gasteiger partial charge >= 0.3 is 0 Å². The van der Waals surface area contributed by atoms with Crippen molar-refractivity contribution in [1.29, 1.82) is 0 Å². The van der Waals surface area contributed by atoms with Crippen LogP contribution in [0.25, 0.3) is 10.9 Å². The molecule has 2 rings (SSSR count). The Morgan fingerprint density at radius 3 is 2.67 bits per heavy atom. The van der Waals surface area contributed by atoms with Gasteiger partial charge in [-0.15, -0.1) is 0 Å². The number of guanidine groups is 1. The van der Waals surface area contributed by atoms with Gasteiger partial charge in [0, 0.05) is 43.8 Å². The maximum Gasteiger partial charge on any atom is 0.211 e. The lowest BCUT2D eigenvalue weighted by Crippen LogP contribution is -2.42. The molecule has 1 heterocycles. The van der Waals surface area contributed by atoms with Crippen molar-refractivity contribution in [1.82, 2.24) is 20.3 Å². The zero-order valence-corrected chi connectivity index (χ0v) is 14.9.